The molecule has 0 unspecified atom stereocenters. The van der Waals surface area contributed by atoms with E-state index in [2.05, 4.69) is 15.8 Å². The van der Waals surface area contributed by atoms with Gasteiger partial charge in [-0.15, -0.1) is 0 Å². The van der Waals surface area contributed by atoms with Crippen LogP contribution in [0, 0.1) is 10.1 Å². The van der Waals surface area contributed by atoms with Crippen LogP contribution in [0.25, 0.3) is 0 Å². The monoisotopic (exact) mass is 438 g/mol. The number of hydrazone groups is 1. The van der Waals surface area contributed by atoms with Gasteiger partial charge in [-0.2, -0.15) is 5.10 Å². The molecule has 3 rings (SSSR count). The van der Waals surface area contributed by atoms with Crippen LogP contribution in [0.3, 0.4) is 0 Å². The minimum atomic E-state index is -0.583. The standard InChI is InChI=1S/C21H15ClN4O5/c22-16-6-9-19(27)15(10-16)12-23-25-21(29)13-4-7-17(8-5-13)24-20(28)14-2-1-3-18(11-14)26(30)31/h1-12,27H,(H,24,28)(H,25,29). The molecule has 0 aliphatic heterocycles. The fourth-order valence-electron chi connectivity index (χ4n) is 2.52. The highest BCUT2D eigenvalue weighted by atomic mass is 35.5. The molecule has 3 N–H and O–H groups in total. The van der Waals surface area contributed by atoms with Crippen molar-refractivity contribution in [2.24, 2.45) is 5.10 Å². The minimum Gasteiger partial charge on any atom is -0.507 e. The molecular weight excluding hydrogens is 424 g/mol. The Morgan fingerprint density at radius 1 is 1.00 bits per heavy atom. The number of anilines is 1. The number of amides is 2. The Balaban J connectivity index is 1.61. The van der Waals surface area contributed by atoms with Crippen molar-refractivity contribution < 1.29 is 19.6 Å². The molecule has 0 spiro atoms. The van der Waals surface area contributed by atoms with Gasteiger partial charge < -0.3 is 10.4 Å². The summed E-state index contributed by atoms with van der Waals surface area (Å²) in [5, 5.41) is 27.3. The second-order valence-corrected chi connectivity index (χ2v) is 6.68. The quantitative estimate of drug-likeness (QED) is 0.304. The Bertz CT molecular complexity index is 1180. The van der Waals surface area contributed by atoms with Crippen molar-refractivity contribution in [1.29, 1.82) is 0 Å². The molecule has 0 heterocycles. The number of aromatic hydroxyl groups is 1. The van der Waals surface area contributed by atoms with Gasteiger partial charge in [0.05, 0.1) is 11.1 Å². The first-order chi connectivity index (χ1) is 14.8. The number of phenols is 1. The van der Waals surface area contributed by atoms with E-state index >= 15 is 0 Å². The molecule has 156 valence electrons. The fraction of sp³-hybridized carbons (Fsp3) is 0. The maximum Gasteiger partial charge on any atom is 0.271 e. The maximum absolute atomic E-state index is 12.3. The predicted molar refractivity (Wildman–Crippen MR) is 116 cm³/mol. The van der Waals surface area contributed by atoms with Gasteiger partial charge in [0.2, 0.25) is 0 Å². The number of benzene rings is 3. The highest BCUT2D eigenvalue weighted by molar-refractivity contribution is 6.30. The predicted octanol–water partition coefficient (Wildman–Crippen LogP) is 3.97. The molecule has 0 aromatic heterocycles. The lowest BCUT2D eigenvalue weighted by atomic mass is 10.1. The molecule has 10 heteroatoms. The lowest BCUT2D eigenvalue weighted by molar-refractivity contribution is -0.384. The number of hydrogen-bond acceptors (Lipinski definition) is 6. The van der Waals surface area contributed by atoms with Gasteiger partial charge in [0.25, 0.3) is 17.5 Å². The van der Waals surface area contributed by atoms with Crippen LogP contribution in [0.2, 0.25) is 5.02 Å². The summed E-state index contributed by atoms with van der Waals surface area (Å²) in [6.07, 6.45) is 1.26. The Morgan fingerprint density at radius 2 is 1.74 bits per heavy atom. The average Bonchev–Trinajstić information content (AvgIpc) is 2.76. The molecule has 31 heavy (non-hydrogen) atoms. The molecule has 0 aliphatic rings. The van der Waals surface area contributed by atoms with Crippen molar-refractivity contribution in [3.8, 4) is 5.75 Å². The highest BCUT2D eigenvalue weighted by Gasteiger charge is 2.12. The number of nitrogens with one attached hydrogen (secondary N) is 2. The third-order valence-electron chi connectivity index (χ3n) is 4.08. The molecule has 0 fully saturated rings. The second kappa shape index (κ2) is 9.51. The highest BCUT2D eigenvalue weighted by Crippen LogP contribution is 2.19. The van der Waals surface area contributed by atoms with Gasteiger partial charge in [-0.1, -0.05) is 17.7 Å². The number of carbonyl (C=O) groups excluding carboxylic acids is 2. The number of halogens is 1. The van der Waals surface area contributed by atoms with Gasteiger partial charge in [-0.3, -0.25) is 19.7 Å². The number of phenolic OH excluding ortho intramolecular Hbond substituents is 1. The molecule has 2 amide bonds. The van der Waals surface area contributed by atoms with Gasteiger partial charge in [-0.25, -0.2) is 5.43 Å². The van der Waals surface area contributed by atoms with Crippen LogP contribution in [-0.2, 0) is 0 Å². The molecule has 0 bridgehead atoms. The summed E-state index contributed by atoms with van der Waals surface area (Å²) in [5.41, 5.74) is 3.29. The van der Waals surface area contributed by atoms with E-state index in [0.717, 1.165) is 0 Å². The van der Waals surface area contributed by atoms with Crippen molar-refractivity contribution in [3.05, 3.63) is 98.6 Å². The van der Waals surface area contributed by atoms with Crippen molar-refractivity contribution >= 4 is 41.0 Å². The van der Waals surface area contributed by atoms with Crippen LogP contribution in [0.5, 0.6) is 5.75 Å². The van der Waals surface area contributed by atoms with E-state index in [1.165, 1.54) is 72.9 Å². The van der Waals surface area contributed by atoms with E-state index < -0.39 is 16.7 Å². The molecule has 3 aromatic rings. The summed E-state index contributed by atoms with van der Waals surface area (Å²) in [6.45, 7) is 0. The van der Waals surface area contributed by atoms with E-state index in [1.807, 2.05) is 0 Å². The SMILES string of the molecule is O=C(NN=Cc1cc(Cl)ccc1O)c1ccc(NC(=O)c2cccc([N+](=O)[O-])c2)cc1. The lowest BCUT2D eigenvalue weighted by Crippen LogP contribution is -2.18. The topological polar surface area (TPSA) is 134 Å². The first kappa shape index (κ1) is 21.5. The summed E-state index contributed by atoms with van der Waals surface area (Å²) >= 11 is 5.85. The zero-order chi connectivity index (χ0) is 22.4. The van der Waals surface area contributed by atoms with Crippen LogP contribution in [0.4, 0.5) is 11.4 Å². The zero-order valence-corrected chi connectivity index (χ0v) is 16.5. The van der Waals surface area contributed by atoms with Crippen molar-refractivity contribution in [2.45, 2.75) is 0 Å². The molecular formula is C21H15ClN4O5. The van der Waals surface area contributed by atoms with Crippen LogP contribution in [-0.4, -0.2) is 28.1 Å². The normalized spacial score (nSPS) is 10.6. The van der Waals surface area contributed by atoms with E-state index in [0.29, 0.717) is 16.3 Å². The smallest absolute Gasteiger partial charge is 0.271 e. The van der Waals surface area contributed by atoms with Gasteiger partial charge in [-0.05, 0) is 48.5 Å². The number of carbonyl (C=O) groups is 2. The van der Waals surface area contributed by atoms with Gasteiger partial charge in [0.1, 0.15) is 5.75 Å². The molecule has 0 saturated carbocycles. The van der Waals surface area contributed by atoms with Crippen LogP contribution in [0.15, 0.2) is 71.8 Å². The Hall–Kier alpha value is -4.24. The third kappa shape index (κ3) is 5.64. The van der Waals surface area contributed by atoms with E-state index in [-0.39, 0.29) is 22.6 Å². The van der Waals surface area contributed by atoms with Gasteiger partial charge in [0, 0.05) is 39.5 Å². The Kier molecular flexibility index (Phi) is 6.58. The van der Waals surface area contributed by atoms with E-state index in [9.17, 15) is 24.8 Å². The number of nitrogens with zero attached hydrogens (tertiary/aromatic N) is 2. The number of nitro benzene ring substituents is 1. The summed E-state index contributed by atoms with van der Waals surface area (Å²) in [7, 11) is 0. The van der Waals surface area contributed by atoms with Crippen LogP contribution >= 0.6 is 11.6 Å². The Morgan fingerprint density at radius 3 is 2.45 bits per heavy atom. The lowest BCUT2D eigenvalue weighted by Gasteiger charge is -2.06. The van der Waals surface area contributed by atoms with Crippen LogP contribution in [0.1, 0.15) is 26.3 Å². The molecule has 9 nitrogen and oxygen atoms in total. The largest absolute Gasteiger partial charge is 0.507 e. The summed E-state index contributed by atoms with van der Waals surface area (Å²) < 4.78 is 0. The molecule has 0 saturated heterocycles. The number of hydrogen-bond donors (Lipinski definition) is 3. The van der Waals surface area contributed by atoms with Crippen molar-refractivity contribution in [3.63, 3.8) is 0 Å². The molecule has 3 aromatic carbocycles. The first-order valence-electron chi connectivity index (χ1n) is 8.81. The summed E-state index contributed by atoms with van der Waals surface area (Å²) in [4.78, 5) is 34.7. The van der Waals surface area contributed by atoms with Crippen molar-refractivity contribution in [1.82, 2.24) is 5.43 Å². The number of nitro groups is 1. The molecule has 0 atom stereocenters. The number of non-ortho nitro benzene ring substituents is 1. The summed E-state index contributed by atoms with van der Waals surface area (Å²) in [5.74, 6) is -1.06. The number of rotatable bonds is 6. The third-order valence-corrected chi connectivity index (χ3v) is 4.32. The second-order valence-electron chi connectivity index (χ2n) is 6.24. The zero-order valence-electron chi connectivity index (χ0n) is 15.8. The maximum atomic E-state index is 12.3. The average molecular weight is 439 g/mol. The Labute approximate surface area is 181 Å². The fourth-order valence-corrected chi connectivity index (χ4v) is 2.70. The van der Waals surface area contributed by atoms with Gasteiger partial charge >= 0.3 is 0 Å². The van der Waals surface area contributed by atoms with Crippen molar-refractivity contribution in [2.75, 3.05) is 5.32 Å². The minimum absolute atomic E-state index is 0.0359. The first-order valence-corrected chi connectivity index (χ1v) is 9.19. The van der Waals surface area contributed by atoms with E-state index in [1.54, 1.807) is 0 Å². The van der Waals surface area contributed by atoms with E-state index in [4.69, 9.17) is 11.6 Å². The van der Waals surface area contributed by atoms with Gasteiger partial charge in [0.15, 0.2) is 0 Å². The molecule has 0 radical (unpaired) electrons. The molecule has 0 aliphatic carbocycles. The summed E-state index contributed by atoms with van der Waals surface area (Å²) in [6, 6.07) is 15.7. The van der Waals surface area contributed by atoms with Crippen LogP contribution < -0.4 is 10.7 Å².